The molecule has 6 nitrogen and oxygen atoms in total. The Morgan fingerprint density at radius 2 is 1.11 bits per heavy atom. The molecule has 13 rings (SSSR count). The van der Waals surface area contributed by atoms with Gasteiger partial charge in [0.05, 0.1) is 5.48 Å². The molecule has 0 amide bonds. The van der Waals surface area contributed by atoms with E-state index < -0.39 is 90.6 Å². The van der Waals surface area contributed by atoms with Crippen LogP contribution in [-0.4, -0.2) is 23.3 Å². The zero-order valence-electron chi connectivity index (χ0n) is 54.0. The third-order valence-electron chi connectivity index (χ3n) is 12.6. The van der Waals surface area contributed by atoms with Gasteiger partial charge in [0, 0.05) is 6.20 Å². The van der Waals surface area contributed by atoms with E-state index in [-0.39, 0.29) is 78.5 Å². The monoisotopic (exact) mass is 1110 g/mol. The summed E-state index contributed by atoms with van der Waals surface area (Å²) in [6.07, 6.45) is 1.60. The van der Waals surface area contributed by atoms with Crippen molar-refractivity contribution >= 4 is 54.6 Å². The Balaban J connectivity index is 1.08. The Hall–Kier alpha value is -8.31. The maximum absolute atomic E-state index is 9.55. The third kappa shape index (κ3) is 7.20. The average molecular weight is 1110 g/mol. The molecule has 13 aromatic rings. The minimum absolute atomic E-state index is 0.0158. The van der Waals surface area contributed by atoms with Crippen molar-refractivity contribution in [3.8, 4) is 56.6 Å². The predicted molar refractivity (Wildman–Crippen MR) is 286 cm³/mol. The van der Waals surface area contributed by atoms with Crippen LogP contribution in [0.5, 0.6) is 11.5 Å². The van der Waals surface area contributed by atoms with Crippen LogP contribution in [0.25, 0.3) is 99.8 Å². The van der Waals surface area contributed by atoms with Gasteiger partial charge < -0.3 is 0 Å². The second-order valence-electron chi connectivity index (χ2n) is 17.8. The molecule has 71 heavy (non-hydrogen) atoms. The summed E-state index contributed by atoms with van der Waals surface area (Å²) in [5.74, 6) is 0.101. The molecule has 4 heterocycles. The number of imidazole rings is 1. The van der Waals surface area contributed by atoms with E-state index in [0.717, 1.165) is 27.4 Å². The molecular weight excluding hydrogens is 1050 g/mol. The number of benzene rings is 9. The summed E-state index contributed by atoms with van der Waals surface area (Å²) < 4.78 is 160. The van der Waals surface area contributed by atoms with Gasteiger partial charge in [-0.15, -0.1) is 0 Å². The molecule has 0 atom stereocenters. The number of ether oxygens (including phenoxy) is 1. The molecule has 0 aliphatic rings. The number of hydrogen-bond acceptors (Lipinski definition) is 2. The normalized spacial score (nSPS) is 15.1. The first-order valence-corrected chi connectivity index (χ1v) is 23.7. The summed E-state index contributed by atoms with van der Waals surface area (Å²) in [5, 5.41) is 1.80. The quantitative estimate of drug-likeness (QED) is 0.142. The zero-order chi connectivity index (χ0) is 61.7. The van der Waals surface area contributed by atoms with Crippen LogP contribution in [0, 0.1) is 15.9 Å². The topological polar surface area (TPSA) is 41.8 Å². The number of para-hydroxylation sites is 5. The standard InChI is InChI=1S/C64H45N5O.Pt/c1-64(2,3)45-35-36-65-62(37-45)69-58-30-15-12-27-52(58)53-34-33-49(41-61(53)69)70-48-24-18-23-46(38-48)66-42-67(60-32-17-16-31-59(60)66)63-54(43-19-6-4-7-20-43)39-47(40-55(63)44-21-8-5-9-22-44)68-56-28-13-10-25-50(56)51-26-11-14-29-57(51)68;/h4-37,39-40H,1-3H3;/q-2;/i4D,5D,6D,7D,8D,9D,12D,15D,19D,20D,21D,22D,27D,30D,33D,34D;. The maximum atomic E-state index is 9.55. The van der Waals surface area contributed by atoms with E-state index in [2.05, 4.69) is 36.5 Å². The van der Waals surface area contributed by atoms with Crippen molar-refractivity contribution < 1.29 is 46.0 Å². The number of fused-ring (bicyclic) bond motifs is 7. The van der Waals surface area contributed by atoms with E-state index in [4.69, 9.17) is 18.4 Å². The number of nitrogens with zero attached hydrogens (tertiary/aromatic N) is 5. The van der Waals surface area contributed by atoms with Gasteiger partial charge in [-0.2, -0.15) is 0 Å². The Bertz CT molecular complexity index is 5050. The van der Waals surface area contributed by atoms with Crippen LogP contribution < -0.4 is 4.74 Å². The fourth-order valence-electron chi connectivity index (χ4n) is 9.41. The SMILES string of the molecule is [2H]c1c([2H])c([2H])c(-c2cc(-n3c4ccccc4c4ccccc43)cc(-c3c([2H])c([2H])c([2H])c([2H])c3[2H])c2-n2[c](=[Pt])n(-c3[c-]c(Oc4[c-]c5c(c([2H])c4[2H])c4c([2H])c([2H])c([2H])c([2H])c4n5-c4cc(C(C)(C)C)ccn4)ccc3)c3ccccc32)c([2H])c1[2H]. The Morgan fingerprint density at radius 3 is 1.77 bits per heavy atom. The molecule has 0 bridgehead atoms. The van der Waals surface area contributed by atoms with Crippen molar-refractivity contribution in [2.24, 2.45) is 0 Å². The average Bonchev–Trinajstić information content (AvgIpc) is 1.65. The Morgan fingerprint density at radius 1 is 0.507 bits per heavy atom. The first-order valence-electron chi connectivity index (χ1n) is 30.6. The van der Waals surface area contributed by atoms with Crippen molar-refractivity contribution in [1.29, 1.82) is 0 Å². The molecule has 0 N–H and O–H groups in total. The fourth-order valence-corrected chi connectivity index (χ4v) is 10.5. The molecule has 0 fully saturated rings. The van der Waals surface area contributed by atoms with Crippen molar-refractivity contribution in [3.63, 3.8) is 0 Å². The van der Waals surface area contributed by atoms with Crippen LogP contribution in [0.15, 0.2) is 218 Å². The fraction of sp³-hybridized carbons (Fsp3) is 0.0625. The summed E-state index contributed by atoms with van der Waals surface area (Å²) >= 11 is 2.09. The number of pyridine rings is 1. The van der Waals surface area contributed by atoms with Gasteiger partial charge in [0.15, 0.2) is 0 Å². The van der Waals surface area contributed by atoms with Crippen molar-refractivity contribution in [2.45, 2.75) is 26.2 Å². The molecule has 4 aromatic heterocycles. The molecular formula is C64H45N5OPt-2. The van der Waals surface area contributed by atoms with Crippen molar-refractivity contribution in [3.05, 3.63) is 240 Å². The third-order valence-corrected chi connectivity index (χ3v) is 13.6. The number of rotatable bonds is 8. The van der Waals surface area contributed by atoms with Gasteiger partial charge in [-0.3, -0.25) is 0 Å². The molecule has 0 saturated heterocycles. The second-order valence-corrected chi connectivity index (χ2v) is 18.8. The van der Waals surface area contributed by atoms with E-state index in [9.17, 15) is 8.22 Å². The van der Waals surface area contributed by atoms with Crippen molar-refractivity contribution in [2.75, 3.05) is 0 Å². The van der Waals surface area contributed by atoms with Crippen LogP contribution in [0.2, 0.25) is 0 Å². The molecule has 7 heteroatoms. The van der Waals surface area contributed by atoms with Crippen LogP contribution in [0.3, 0.4) is 0 Å². The van der Waals surface area contributed by atoms with E-state index >= 15 is 0 Å². The number of hydrogen-bond donors (Lipinski definition) is 0. The first kappa shape index (κ1) is 29.0. The summed E-state index contributed by atoms with van der Waals surface area (Å²) in [6.45, 7) is 6.06. The second kappa shape index (κ2) is 17.0. The van der Waals surface area contributed by atoms with Crippen LogP contribution in [0.1, 0.15) is 48.3 Å². The molecule has 0 spiro atoms. The van der Waals surface area contributed by atoms with Gasteiger partial charge in [-0.05, 0) is 17.0 Å². The molecule has 0 unspecified atom stereocenters. The summed E-state index contributed by atoms with van der Waals surface area (Å²) in [7, 11) is 0. The van der Waals surface area contributed by atoms with Gasteiger partial charge in [0.1, 0.15) is 0 Å². The Labute approximate surface area is 444 Å². The van der Waals surface area contributed by atoms with Gasteiger partial charge in [-0.1, -0.05) is 32.9 Å². The van der Waals surface area contributed by atoms with Gasteiger partial charge in [-0.25, -0.2) is 0 Å². The first-order chi connectivity index (χ1) is 41.4. The number of aromatic nitrogens is 5. The molecule has 0 aliphatic carbocycles. The molecule has 0 saturated carbocycles. The van der Waals surface area contributed by atoms with Gasteiger partial charge in [0.25, 0.3) is 0 Å². The van der Waals surface area contributed by atoms with Crippen LogP contribution >= 0.6 is 0 Å². The van der Waals surface area contributed by atoms with E-state index in [1.807, 2.05) is 86.0 Å². The van der Waals surface area contributed by atoms with Crippen molar-refractivity contribution in [1.82, 2.24) is 23.3 Å². The van der Waals surface area contributed by atoms with E-state index in [1.165, 1.54) is 4.57 Å². The Kier molecular flexibility index (Phi) is 6.94. The van der Waals surface area contributed by atoms with Crippen LogP contribution in [0.4, 0.5) is 0 Å². The molecule has 344 valence electrons. The molecule has 0 aliphatic heterocycles. The minimum atomic E-state index is -0.634. The van der Waals surface area contributed by atoms with Gasteiger partial charge in [0.2, 0.25) is 0 Å². The summed E-state index contributed by atoms with van der Waals surface area (Å²) in [5.41, 5.74) is 3.63. The summed E-state index contributed by atoms with van der Waals surface area (Å²) in [4.78, 5) is 4.65. The van der Waals surface area contributed by atoms with E-state index in [1.54, 1.807) is 69.9 Å². The predicted octanol–water partition coefficient (Wildman–Crippen LogP) is 16.1. The van der Waals surface area contributed by atoms with E-state index in [0.29, 0.717) is 26.2 Å². The molecule has 0 radical (unpaired) electrons. The summed E-state index contributed by atoms with van der Waals surface area (Å²) in [6, 6.07) is 32.5. The zero-order valence-corrected chi connectivity index (χ0v) is 40.3. The van der Waals surface area contributed by atoms with Gasteiger partial charge >= 0.3 is 385 Å². The molecule has 9 aromatic carbocycles. The van der Waals surface area contributed by atoms with Crippen LogP contribution in [-0.2, 0) is 24.8 Å².